The summed E-state index contributed by atoms with van der Waals surface area (Å²) < 4.78 is 49.9. The van der Waals surface area contributed by atoms with E-state index in [0.717, 1.165) is 0 Å². The first-order valence-electron chi connectivity index (χ1n) is 1.56. The van der Waals surface area contributed by atoms with Gasteiger partial charge in [0.15, 0.2) is 11.1 Å². The predicted octanol–water partition coefficient (Wildman–Crippen LogP) is -2.11. The van der Waals surface area contributed by atoms with E-state index in [9.17, 15) is 17.4 Å². The van der Waals surface area contributed by atoms with Gasteiger partial charge in [0.05, 0.1) is 0 Å². The largest absolute Gasteiger partial charge is 1.00 e. The first-order valence-corrected chi connectivity index (χ1v) is 2.83. The Balaban J connectivity index is -0.000000245. The summed E-state index contributed by atoms with van der Waals surface area (Å²) in [5.74, 6) is -1.65. The molecule has 0 aliphatic carbocycles. The van der Waals surface area contributed by atoms with E-state index in [1.54, 1.807) is 0 Å². The minimum absolute atomic E-state index is 0. The second-order valence-electron chi connectivity index (χ2n) is 1.08. The molecule has 9 heavy (non-hydrogen) atoms. The summed E-state index contributed by atoms with van der Waals surface area (Å²) in [7, 11) is 0. The molecule has 1 atom stereocenters. The average Bonchev–Trinajstić information content (AvgIpc) is 1.21. The van der Waals surface area contributed by atoms with Crippen molar-refractivity contribution in [3.05, 3.63) is 0 Å². The molecule has 0 saturated heterocycles. The summed E-state index contributed by atoms with van der Waals surface area (Å²) in [6.07, 6.45) is -4.53. The molecule has 0 fully saturated rings. The Bertz CT molecular complexity index is 107. The molecule has 0 aliphatic heterocycles. The Morgan fingerprint density at radius 2 is 1.89 bits per heavy atom. The number of hydrogen-bond donors (Lipinski definition) is 1. The van der Waals surface area contributed by atoms with Crippen molar-refractivity contribution in [1.82, 2.24) is 0 Å². The molecule has 0 spiro atoms. The van der Waals surface area contributed by atoms with Gasteiger partial charge in [-0.05, 0) is 0 Å². The fourth-order valence-corrected chi connectivity index (χ4v) is 0.420. The summed E-state index contributed by atoms with van der Waals surface area (Å²) in [4.78, 5) is 0. The minimum atomic E-state index is -4.53. The molecule has 52 valence electrons. The topological polar surface area (TPSA) is 37.3 Å². The van der Waals surface area contributed by atoms with Gasteiger partial charge >= 0.3 is 35.7 Å². The van der Waals surface area contributed by atoms with Crippen LogP contribution >= 0.6 is 0 Å². The van der Waals surface area contributed by atoms with E-state index in [0.29, 0.717) is 0 Å². The van der Waals surface area contributed by atoms with E-state index in [2.05, 4.69) is 0 Å². The molecule has 0 saturated carbocycles. The van der Waals surface area contributed by atoms with Gasteiger partial charge in [0.25, 0.3) is 0 Å². The van der Waals surface area contributed by atoms with Gasteiger partial charge in [-0.2, -0.15) is 13.2 Å². The van der Waals surface area contributed by atoms with Crippen LogP contribution in [0.5, 0.6) is 0 Å². The van der Waals surface area contributed by atoms with Gasteiger partial charge in [0.1, 0.15) is 5.75 Å². The van der Waals surface area contributed by atoms with Crippen LogP contribution in [-0.4, -0.2) is 20.7 Å². The Labute approximate surface area is 75.9 Å². The van der Waals surface area contributed by atoms with Gasteiger partial charge in [-0.15, -0.1) is 0 Å². The van der Waals surface area contributed by atoms with Crippen molar-refractivity contribution >= 4 is 11.1 Å². The molecular weight excluding hydrogens is 168 g/mol. The quantitative estimate of drug-likeness (QED) is 0.363. The van der Waals surface area contributed by atoms with E-state index >= 15 is 0 Å². The molecule has 0 aromatic rings. The van der Waals surface area contributed by atoms with E-state index < -0.39 is 23.0 Å². The molecule has 2 nitrogen and oxygen atoms in total. The Kier molecular flexibility index (Phi) is 6.53. The molecule has 0 amide bonds. The van der Waals surface area contributed by atoms with Crippen LogP contribution in [0.3, 0.4) is 0 Å². The Morgan fingerprint density at radius 1 is 1.56 bits per heavy atom. The van der Waals surface area contributed by atoms with Gasteiger partial charge in [0, 0.05) is 0 Å². The zero-order valence-electron chi connectivity index (χ0n) is 5.60. The van der Waals surface area contributed by atoms with E-state index in [4.69, 9.17) is 4.55 Å². The molecule has 0 heterocycles. The maximum Gasteiger partial charge on any atom is 1.00 e. The first-order chi connectivity index (χ1) is 3.42. The minimum Gasteiger partial charge on any atom is -1.00 e. The van der Waals surface area contributed by atoms with Crippen LogP contribution in [0, 0.1) is 0 Å². The third-order valence-corrected chi connectivity index (χ3v) is 0.861. The summed E-state index contributed by atoms with van der Waals surface area (Å²) in [5.41, 5.74) is 0. The van der Waals surface area contributed by atoms with Crippen molar-refractivity contribution in [2.24, 2.45) is 0 Å². The van der Waals surface area contributed by atoms with Crippen LogP contribution in [-0.2, 0) is 11.1 Å². The van der Waals surface area contributed by atoms with Crippen molar-refractivity contribution in [1.29, 1.82) is 0 Å². The maximum atomic E-state index is 11.0. The van der Waals surface area contributed by atoms with Crippen LogP contribution in [0.1, 0.15) is 1.43 Å². The second kappa shape index (κ2) is 4.68. The summed E-state index contributed by atoms with van der Waals surface area (Å²) in [6.45, 7) is 0. The van der Waals surface area contributed by atoms with Crippen LogP contribution in [0.25, 0.3) is 0 Å². The molecule has 0 aromatic carbocycles. The zero-order valence-corrected chi connectivity index (χ0v) is 7.42. The number of alkyl halides is 3. The molecule has 1 unspecified atom stereocenters. The molecule has 0 bridgehead atoms. The Hall–Kier alpha value is 0.900. The van der Waals surface area contributed by atoms with E-state index in [1.807, 2.05) is 0 Å². The number of halogens is 3. The van der Waals surface area contributed by atoms with Crippen molar-refractivity contribution < 1.29 is 52.9 Å². The Morgan fingerprint density at radius 3 is 1.89 bits per heavy atom. The molecule has 0 aromatic heterocycles. The fourth-order valence-electron chi connectivity index (χ4n) is 0.140. The van der Waals surface area contributed by atoms with Crippen molar-refractivity contribution in [3.8, 4) is 0 Å². The standard InChI is InChI=1S/C2H3F3O2S.Na.H/c3-2(4,5)1-8(6)7;;/h1H2,(H,6,7);;/q;+1;-1. The first kappa shape index (κ1) is 12.6. The monoisotopic (exact) mass is 172 g/mol. The smallest absolute Gasteiger partial charge is 1.00 e. The SMILES string of the molecule is O=S(O)CC(F)(F)F.[H-].[Na+]. The third kappa shape index (κ3) is 12.2. The molecule has 1 N–H and O–H groups in total. The second-order valence-corrected chi connectivity index (χ2v) is 2.01. The number of hydrogen-bond acceptors (Lipinski definition) is 1. The van der Waals surface area contributed by atoms with Gasteiger partial charge < -0.3 is 5.98 Å². The molecule has 0 radical (unpaired) electrons. The fraction of sp³-hybridized carbons (Fsp3) is 1.00. The van der Waals surface area contributed by atoms with E-state index in [1.165, 1.54) is 0 Å². The van der Waals surface area contributed by atoms with Crippen molar-refractivity contribution in [3.63, 3.8) is 0 Å². The van der Waals surface area contributed by atoms with Crippen molar-refractivity contribution in [2.75, 3.05) is 5.75 Å². The van der Waals surface area contributed by atoms with Crippen molar-refractivity contribution in [2.45, 2.75) is 6.18 Å². The van der Waals surface area contributed by atoms with Crippen LogP contribution in [0.15, 0.2) is 0 Å². The summed E-state index contributed by atoms with van der Waals surface area (Å²) in [6, 6.07) is 0. The molecule has 0 rings (SSSR count). The van der Waals surface area contributed by atoms with Gasteiger partial charge in [-0.3, -0.25) is 0 Å². The van der Waals surface area contributed by atoms with Crippen LogP contribution in [0.4, 0.5) is 13.2 Å². The van der Waals surface area contributed by atoms with Gasteiger partial charge in [0.2, 0.25) is 0 Å². The van der Waals surface area contributed by atoms with Crippen LogP contribution < -0.4 is 29.6 Å². The number of rotatable bonds is 1. The van der Waals surface area contributed by atoms with Gasteiger partial charge in [-0.1, -0.05) is 0 Å². The predicted molar refractivity (Wildman–Crippen MR) is 22.8 cm³/mol. The van der Waals surface area contributed by atoms with Crippen LogP contribution in [0.2, 0.25) is 0 Å². The molecular formula is C2H4F3NaO2S. The maximum absolute atomic E-state index is 11.0. The molecule has 7 heteroatoms. The molecule has 0 aliphatic rings. The zero-order chi connectivity index (χ0) is 6.78. The van der Waals surface area contributed by atoms with Gasteiger partial charge in [-0.25, -0.2) is 4.21 Å². The normalized spacial score (nSPS) is 14.2. The van der Waals surface area contributed by atoms with E-state index in [-0.39, 0.29) is 31.0 Å². The summed E-state index contributed by atoms with van der Waals surface area (Å²) >= 11 is -2.76. The third-order valence-electron chi connectivity index (χ3n) is 0.287. The average molecular weight is 172 g/mol. The summed E-state index contributed by atoms with van der Waals surface area (Å²) in [5, 5.41) is 0.